The lowest BCUT2D eigenvalue weighted by molar-refractivity contribution is -0.136. The van der Waals surface area contributed by atoms with Gasteiger partial charge < -0.3 is 20.2 Å². The van der Waals surface area contributed by atoms with Gasteiger partial charge in [-0.3, -0.25) is 9.59 Å². The van der Waals surface area contributed by atoms with Crippen LogP contribution >= 0.6 is 11.3 Å². The molecule has 20 heavy (non-hydrogen) atoms. The lowest BCUT2D eigenvalue weighted by atomic mass is 10.1. The number of thiophene rings is 1. The number of nitrogens with zero attached hydrogens (tertiary/aromatic N) is 2. The Hall–Kier alpha value is -2.60. The number of aliphatic carboxylic acids is 2. The zero-order valence-corrected chi connectivity index (χ0v) is 11.1. The van der Waals surface area contributed by atoms with Crippen LogP contribution in [0, 0.1) is 18.3 Å². The normalized spacial score (nSPS) is 9.80. The minimum atomic E-state index is -1.28. The van der Waals surface area contributed by atoms with E-state index in [0.717, 1.165) is 4.90 Å². The van der Waals surface area contributed by atoms with Gasteiger partial charge in [-0.05, 0) is 12.5 Å². The molecule has 0 saturated heterocycles. The van der Waals surface area contributed by atoms with Gasteiger partial charge in [-0.1, -0.05) is 0 Å². The third kappa shape index (κ3) is 3.24. The molecule has 0 spiro atoms. The van der Waals surface area contributed by atoms with Crippen molar-refractivity contribution in [2.24, 2.45) is 0 Å². The van der Waals surface area contributed by atoms with Gasteiger partial charge in [0.25, 0.3) is 0 Å². The number of hydrogen-bond donors (Lipinski definition) is 3. The minimum absolute atomic E-state index is 0.0186. The highest BCUT2D eigenvalue weighted by Crippen LogP contribution is 2.35. The van der Waals surface area contributed by atoms with Gasteiger partial charge in [0.05, 0.1) is 5.56 Å². The van der Waals surface area contributed by atoms with Gasteiger partial charge in [0.15, 0.2) is 0 Å². The molecule has 1 aromatic rings. The number of carbonyl (C=O) groups is 3. The van der Waals surface area contributed by atoms with E-state index in [-0.39, 0.29) is 21.0 Å². The number of aromatic carboxylic acids is 1. The maximum Gasteiger partial charge on any atom is 0.346 e. The van der Waals surface area contributed by atoms with Crippen LogP contribution in [-0.2, 0) is 9.59 Å². The van der Waals surface area contributed by atoms with Crippen LogP contribution in [0.25, 0.3) is 0 Å². The average Bonchev–Trinajstić information content (AvgIpc) is 2.64. The van der Waals surface area contributed by atoms with Crippen molar-refractivity contribution in [1.82, 2.24) is 0 Å². The van der Waals surface area contributed by atoms with Crippen LogP contribution in [0.2, 0.25) is 0 Å². The van der Waals surface area contributed by atoms with Gasteiger partial charge in [-0.25, -0.2) is 4.79 Å². The lowest BCUT2D eigenvalue weighted by Gasteiger charge is -2.18. The summed E-state index contributed by atoms with van der Waals surface area (Å²) in [5.41, 5.74) is 0.177. The summed E-state index contributed by atoms with van der Waals surface area (Å²) in [6.45, 7) is 0.141. The quantitative estimate of drug-likeness (QED) is 0.693. The van der Waals surface area contributed by atoms with Gasteiger partial charge in [0.1, 0.15) is 29.0 Å². The van der Waals surface area contributed by atoms with Gasteiger partial charge >= 0.3 is 17.9 Å². The van der Waals surface area contributed by atoms with E-state index in [1.54, 1.807) is 6.07 Å². The average molecular weight is 298 g/mol. The zero-order valence-electron chi connectivity index (χ0n) is 10.3. The van der Waals surface area contributed by atoms with E-state index in [1.165, 1.54) is 6.92 Å². The fraction of sp³-hybridized carbons (Fsp3) is 0.273. The van der Waals surface area contributed by atoms with E-state index in [4.69, 9.17) is 20.6 Å². The van der Waals surface area contributed by atoms with E-state index in [0.29, 0.717) is 11.3 Å². The van der Waals surface area contributed by atoms with Crippen molar-refractivity contribution in [1.29, 1.82) is 5.26 Å². The van der Waals surface area contributed by atoms with E-state index < -0.39 is 31.0 Å². The summed E-state index contributed by atoms with van der Waals surface area (Å²) in [6, 6.07) is 1.79. The van der Waals surface area contributed by atoms with Crippen LogP contribution in [0.15, 0.2) is 0 Å². The number of nitriles is 1. The Labute approximate surface area is 117 Å². The summed E-state index contributed by atoms with van der Waals surface area (Å²) in [6.07, 6.45) is 0. The van der Waals surface area contributed by atoms with Gasteiger partial charge in [0, 0.05) is 0 Å². The zero-order chi connectivity index (χ0) is 15.4. The van der Waals surface area contributed by atoms with E-state index in [9.17, 15) is 14.4 Å². The number of anilines is 1. The molecule has 0 radical (unpaired) electrons. The van der Waals surface area contributed by atoms with Crippen molar-refractivity contribution in [3.63, 3.8) is 0 Å². The first kappa shape index (κ1) is 15.5. The molecular weight excluding hydrogens is 288 g/mol. The highest BCUT2D eigenvalue weighted by molar-refractivity contribution is 7.18. The predicted octanol–water partition coefficient (Wildman–Crippen LogP) is 0.602. The molecule has 0 aliphatic rings. The molecule has 0 aliphatic carbocycles. The third-order valence-corrected chi connectivity index (χ3v) is 3.71. The molecule has 106 valence electrons. The van der Waals surface area contributed by atoms with Crippen LogP contribution in [0.4, 0.5) is 5.00 Å². The molecule has 0 unspecified atom stereocenters. The van der Waals surface area contributed by atoms with Crippen molar-refractivity contribution in [2.75, 3.05) is 18.0 Å². The number of carboxylic acids is 3. The highest BCUT2D eigenvalue weighted by Gasteiger charge is 2.25. The standard InChI is InChI=1S/C11H10N2O6S/c1-5-6(2-12)10(20-9(5)11(18)19)13(3-7(14)15)4-8(16)17/h3-4H2,1H3,(H,14,15)(H,16,17)(H,18,19). The van der Waals surface area contributed by atoms with Crippen molar-refractivity contribution in [3.8, 4) is 6.07 Å². The van der Waals surface area contributed by atoms with Crippen LogP contribution < -0.4 is 4.90 Å². The van der Waals surface area contributed by atoms with Crippen molar-refractivity contribution in [2.45, 2.75) is 6.92 Å². The van der Waals surface area contributed by atoms with Crippen molar-refractivity contribution >= 4 is 34.2 Å². The molecular formula is C11H10N2O6S. The summed E-state index contributed by atoms with van der Waals surface area (Å²) in [4.78, 5) is 33.4. The van der Waals surface area contributed by atoms with Crippen LogP contribution in [-0.4, -0.2) is 46.3 Å². The minimum Gasteiger partial charge on any atom is -0.480 e. The molecule has 1 rings (SSSR count). The molecule has 9 heteroatoms. The molecule has 0 amide bonds. The Balaban J connectivity index is 3.35. The van der Waals surface area contributed by atoms with Crippen LogP contribution in [0.1, 0.15) is 20.8 Å². The van der Waals surface area contributed by atoms with Gasteiger partial charge in [0.2, 0.25) is 0 Å². The van der Waals surface area contributed by atoms with Crippen LogP contribution in [0.5, 0.6) is 0 Å². The summed E-state index contributed by atoms with van der Waals surface area (Å²) in [5, 5.41) is 35.6. The van der Waals surface area contributed by atoms with Gasteiger partial charge in [-0.15, -0.1) is 11.3 Å². The van der Waals surface area contributed by atoms with Crippen LogP contribution in [0.3, 0.4) is 0 Å². The van der Waals surface area contributed by atoms with Crippen molar-refractivity contribution < 1.29 is 29.7 Å². The number of rotatable bonds is 6. The smallest absolute Gasteiger partial charge is 0.346 e. The second kappa shape index (κ2) is 6.03. The molecule has 0 saturated carbocycles. The van der Waals surface area contributed by atoms with E-state index in [1.807, 2.05) is 0 Å². The molecule has 1 aromatic heterocycles. The second-order valence-electron chi connectivity index (χ2n) is 3.80. The molecule has 0 aromatic carbocycles. The summed E-state index contributed by atoms with van der Waals surface area (Å²) in [5.74, 6) is -3.81. The Morgan fingerprint density at radius 1 is 1.20 bits per heavy atom. The molecule has 0 fully saturated rings. The fourth-order valence-corrected chi connectivity index (χ4v) is 2.68. The maximum absolute atomic E-state index is 11.0. The first-order valence-electron chi connectivity index (χ1n) is 5.23. The summed E-state index contributed by atoms with van der Waals surface area (Å²) in [7, 11) is 0. The largest absolute Gasteiger partial charge is 0.480 e. The predicted molar refractivity (Wildman–Crippen MR) is 68.2 cm³/mol. The Kier molecular flexibility index (Phi) is 4.66. The third-order valence-electron chi connectivity index (χ3n) is 2.37. The second-order valence-corrected chi connectivity index (χ2v) is 4.80. The first-order valence-corrected chi connectivity index (χ1v) is 6.04. The molecule has 0 bridgehead atoms. The summed E-state index contributed by atoms with van der Waals surface area (Å²) >= 11 is 0.688. The maximum atomic E-state index is 11.0. The number of carboxylic acid groups (broad SMARTS) is 3. The van der Waals surface area contributed by atoms with Crippen molar-refractivity contribution in [3.05, 3.63) is 16.0 Å². The number of hydrogen-bond acceptors (Lipinski definition) is 6. The highest BCUT2D eigenvalue weighted by atomic mass is 32.1. The molecule has 0 atom stereocenters. The fourth-order valence-electron chi connectivity index (χ4n) is 1.58. The summed E-state index contributed by atoms with van der Waals surface area (Å²) < 4.78 is 0. The first-order chi connectivity index (χ1) is 9.27. The van der Waals surface area contributed by atoms with Gasteiger partial charge in [-0.2, -0.15) is 5.26 Å². The topological polar surface area (TPSA) is 139 Å². The van der Waals surface area contributed by atoms with E-state index >= 15 is 0 Å². The van der Waals surface area contributed by atoms with E-state index in [2.05, 4.69) is 0 Å². The molecule has 0 aliphatic heterocycles. The lowest BCUT2D eigenvalue weighted by Crippen LogP contribution is -2.34. The SMILES string of the molecule is Cc1c(C(=O)O)sc(N(CC(=O)O)CC(=O)O)c1C#N. The Bertz CT molecular complexity index is 599. The monoisotopic (exact) mass is 298 g/mol. The molecule has 8 nitrogen and oxygen atoms in total. The Morgan fingerprint density at radius 2 is 1.70 bits per heavy atom. The molecule has 3 N–H and O–H groups in total. The molecule has 1 heterocycles. The Morgan fingerprint density at radius 3 is 2.05 bits per heavy atom.